The van der Waals surface area contributed by atoms with Gasteiger partial charge in [0.25, 0.3) is 0 Å². The lowest BCUT2D eigenvalue weighted by atomic mass is 10.0. The second-order valence-electron chi connectivity index (χ2n) is 4.77. The summed E-state index contributed by atoms with van der Waals surface area (Å²) in [6.07, 6.45) is 0. The maximum absolute atomic E-state index is 5.22. The second-order valence-corrected chi connectivity index (χ2v) is 5.62. The van der Waals surface area contributed by atoms with Gasteiger partial charge in [-0.1, -0.05) is 41.9 Å². The first-order valence-electron chi connectivity index (χ1n) is 6.02. The van der Waals surface area contributed by atoms with E-state index >= 15 is 0 Å². The van der Waals surface area contributed by atoms with Crippen LogP contribution >= 0.6 is 15.9 Å². The zero-order chi connectivity index (χ0) is 12.8. The van der Waals surface area contributed by atoms with Crippen LogP contribution in [0.2, 0.25) is 0 Å². The molecule has 1 aromatic carbocycles. The number of halogens is 1. The predicted molar refractivity (Wildman–Crippen MR) is 76.2 cm³/mol. The number of nitrogens with one attached hydrogen (secondary N) is 1. The van der Waals surface area contributed by atoms with Gasteiger partial charge < -0.3 is 10.1 Å². The van der Waals surface area contributed by atoms with Gasteiger partial charge in [-0.3, -0.25) is 0 Å². The van der Waals surface area contributed by atoms with Crippen LogP contribution < -0.4 is 5.32 Å². The molecule has 1 unspecified atom stereocenters. The number of hydrogen-bond donors (Lipinski definition) is 1. The third kappa shape index (κ3) is 4.78. The van der Waals surface area contributed by atoms with Gasteiger partial charge in [-0.05, 0) is 30.0 Å². The van der Waals surface area contributed by atoms with Crippen LogP contribution in [0.5, 0.6) is 0 Å². The molecule has 0 bridgehead atoms. The molecule has 0 saturated heterocycles. The van der Waals surface area contributed by atoms with Gasteiger partial charge in [0.2, 0.25) is 0 Å². The Kier molecular flexibility index (Phi) is 6.17. The Balaban J connectivity index is 2.56. The number of methoxy groups -OCH3 is 1. The van der Waals surface area contributed by atoms with Crippen molar-refractivity contribution in [2.45, 2.75) is 33.4 Å². The van der Waals surface area contributed by atoms with Gasteiger partial charge in [0.05, 0.1) is 6.61 Å². The van der Waals surface area contributed by atoms with E-state index in [0.717, 1.165) is 13.2 Å². The molecule has 96 valence electrons. The van der Waals surface area contributed by atoms with Crippen molar-refractivity contribution in [3.05, 3.63) is 33.8 Å². The molecule has 0 aliphatic rings. The molecule has 0 heterocycles. The number of aryl methyl sites for hydroxylation is 1. The summed E-state index contributed by atoms with van der Waals surface area (Å²) in [6.45, 7) is 8.16. The highest BCUT2D eigenvalue weighted by molar-refractivity contribution is 9.10. The van der Waals surface area contributed by atoms with Crippen LogP contribution in [0, 0.1) is 12.8 Å². The molecule has 17 heavy (non-hydrogen) atoms. The van der Waals surface area contributed by atoms with Crippen LogP contribution in [-0.2, 0) is 11.3 Å². The van der Waals surface area contributed by atoms with Gasteiger partial charge in [-0.15, -0.1) is 0 Å². The zero-order valence-corrected chi connectivity index (χ0v) is 12.7. The summed E-state index contributed by atoms with van der Waals surface area (Å²) >= 11 is 3.56. The lowest BCUT2D eigenvalue weighted by Gasteiger charge is -2.21. The maximum atomic E-state index is 5.22. The minimum absolute atomic E-state index is 0.403. The normalized spacial score (nSPS) is 13.1. The third-order valence-electron chi connectivity index (χ3n) is 2.96. The average molecular weight is 300 g/mol. The van der Waals surface area contributed by atoms with Gasteiger partial charge >= 0.3 is 0 Å². The van der Waals surface area contributed by atoms with Crippen LogP contribution in [0.25, 0.3) is 0 Å². The van der Waals surface area contributed by atoms with Crippen molar-refractivity contribution >= 4 is 15.9 Å². The highest BCUT2D eigenvalue weighted by atomic mass is 79.9. The molecule has 1 rings (SSSR count). The summed E-state index contributed by atoms with van der Waals surface area (Å²) in [5.41, 5.74) is 2.57. The molecule has 0 aromatic heterocycles. The van der Waals surface area contributed by atoms with Crippen LogP contribution in [0.3, 0.4) is 0 Å². The minimum atomic E-state index is 0.403. The zero-order valence-electron chi connectivity index (χ0n) is 11.1. The van der Waals surface area contributed by atoms with Crippen molar-refractivity contribution in [2.75, 3.05) is 13.7 Å². The van der Waals surface area contributed by atoms with Crippen LogP contribution in [-0.4, -0.2) is 19.8 Å². The number of rotatable bonds is 6. The maximum Gasteiger partial charge on any atom is 0.0618 e. The summed E-state index contributed by atoms with van der Waals surface area (Å²) in [6, 6.07) is 6.88. The molecule has 0 amide bonds. The summed E-state index contributed by atoms with van der Waals surface area (Å²) in [7, 11) is 1.75. The Morgan fingerprint density at radius 2 is 2.06 bits per heavy atom. The largest absolute Gasteiger partial charge is 0.383 e. The molecule has 1 N–H and O–H groups in total. The molecule has 0 aliphatic heterocycles. The second kappa shape index (κ2) is 7.14. The van der Waals surface area contributed by atoms with E-state index in [1.807, 2.05) is 0 Å². The van der Waals surface area contributed by atoms with Gasteiger partial charge in [-0.2, -0.15) is 0 Å². The summed E-state index contributed by atoms with van der Waals surface area (Å²) < 4.78 is 6.40. The van der Waals surface area contributed by atoms with E-state index in [9.17, 15) is 0 Å². The van der Waals surface area contributed by atoms with Crippen molar-refractivity contribution in [1.29, 1.82) is 0 Å². The van der Waals surface area contributed by atoms with Gasteiger partial charge in [0.15, 0.2) is 0 Å². The molecule has 1 atom stereocenters. The van der Waals surface area contributed by atoms with E-state index in [4.69, 9.17) is 4.74 Å². The third-order valence-corrected chi connectivity index (χ3v) is 3.81. The quantitative estimate of drug-likeness (QED) is 0.868. The van der Waals surface area contributed by atoms with Crippen molar-refractivity contribution in [3.63, 3.8) is 0 Å². The Morgan fingerprint density at radius 1 is 1.35 bits per heavy atom. The lowest BCUT2D eigenvalue weighted by molar-refractivity contribution is 0.146. The van der Waals surface area contributed by atoms with Crippen molar-refractivity contribution in [2.24, 2.45) is 5.92 Å². The molecule has 3 heteroatoms. The van der Waals surface area contributed by atoms with Gasteiger partial charge in [-0.25, -0.2) is 0 Å². The number of benzene rings is 1. The van der Waals surface area contributed by atoms with Crippen LogP contribution in [0.4, 0.5) is 0 Å². The summed E-state index contributed by atoms with van der Waals surface area (Å²) in [5.74, 6) is 0.573. The molecule has 2 nitrogen and oxygen atoms in total. The highest BCUT2D eigenvalue weighted by Gasteiger charge is 2.12. The fraction of sp³-hybridized carbons (Fsp3) is 0.571. The van der Waals surface area contributed by atoms with E-state index in [0.29, 0.717) is 12.0 Å². The van der Waals surface area contributed by atoms with E-state index in [1.165, 1.54) is 15.6 Å². The van der Waals surface area contributed by atoms with E-state index < -0.39 is 0 Å². The minimum Gasteiger partial charge on any atom is -0.383 e. The van der Waals surface area contributed by atoms with E-state index in [2.05, 4.69) is 60.2 Å². The van der Waals surface area contributed by atoms with Gasteiger partial charge in [0, 0.05) is 24.2 Å². The molecular weight excluding hydrogens is 278 g/mol. The lowest BCUT2D eigenvalue weighted by Crippen LogP contribution is -2.37. The van der Waals surface area contributed by atoms with E-state index in [-0.39, 0.29) is 0 Å². The first kappa shape index (κ1) is 14.7. The Bertz CT molecular complexity index is 352. The fourth-order valence-corrected chi connectivity index (χ4v) is 2.09. The average Bonchev–Trinajstić information content (AvgIpc) is 2.28. The standard InChI is InChI=1S/C14H22BrNO/c1-10(2)14(9-17-4)16-8-12-6-5-11(3)13(15)7-12/h5-7,10,14,16H,8-9H2,1-4H3. The highest BCUT2D eigenvalue weighted by Crippen LogP contribution is 2.17. The Labute approximate surface area is 113 Å². The molecular formula is C14H22BrNO. The van der Waals surface area contributed by atoms with Gasteiger partial charge in [0.1, 0.15) is 0 Å². The van der Waals surface area contributed by atoms with Crippen LogP contribution in [0.1, 0.15) is 25.0 Å². The monoisotopic (exact) mass is 299 g/mol. The number of hydrogen-bond acceptors (Lipinski definition) is 2. The fourth-order valence-electron chi connectivity index (χ4n) is 1.66. The predicted octanol–water partition coefficient (Wildman–Crippen LogP) is 3.52. The van der Waals surface area contributed by atoms with Crippen molar-refractivity contribution < 1.29 is 4.74 Å². The first-order valence-corrected chi connectivity index (χ1v) is 6.81. The SMILES string of the molecule is COCC(NCc1ccc(C)c(Br)c1)C(C)C. The molecule has 0 fully saturated rings. The summed E-state index contributed by atoms with van der Waals surface area (Å²) in [5, 5.41) is 3.54. The van der Waals surface area contributed by atoms with Crippen LogP contribution in [0.15, 0.2) is 22.7 Å². The molecule has 0 spiro atoms. The summed E-state index contributed by atoms with van der Waals surface area (Å²) in [4.78, 5) is 0. The molecule has 0 radical (unpaired) electrons. The molecule has 0 saturated carbocycles. The van der Waals surface area contributed by atoms with Crippen molar-refractivity contribution in [3.8, 4) is 0 Å². The Hall–Kier alpha value is -0.380. The smallest absolute Gasteiger partial charge is 0.0618 e. The Morgan fingerprint density at radius 3 is 2.59 bits per heavy atom. The van der Waals surface area contributed by atoms with Crippen molar-refractivity contribution in [1.82, 2.24) is 5.32 Å². The molecule has 1 aromatic rings. The topological polar surface area (TPSA) is 21.3 Å². The molecule has 0 aliphatic carbocycles. The van der Waals surface area contributed by atoms with E-state index in [1.54, 1.807) is 7.11 Å². The number of ether oxygens (including phenoxy) is 1. The first-order chi connectivity index (χ1) is 8.04.